The molecular weight excluding hydrogens is 320 g/mol. The zero-order valence-corrected chi connectivity index (χ0v) is 17.0. The Bertz CT molecular complexity index is 622. The van der Waals surface area contributed by atoms with Crippen LogP contribution >= 0.6 is 0 Å². The largest absolute Gasteiger partial charge is 0.250 e. The molecule has 2 unspecified atom stereocenters. The maximum Gasteiger partial charge on any atom is 0.243 e. The van der Waals surface area contributed by atoms with Gasteiger partial charge in [0.25, 0.3) is 0 Å². The van der Waals surface area contributed by atoms with Crippen LogP contribution < -0.4 is 9.13 Å². The molecular formula is C22H38N4+2. The van der Waals surface area contributed by atoms with Gasteiger partial charge in [-0.1, -0.05) is 33.1 Å². The summed E-state index contributed by atoms with van der Waals surface area (Å²) >= 11 is 0. The molecule has 2 aromatic heterocycles. The van der Waals surface area contributed by atoms with E-state index in [2.05, 4.69) is 64.5 Å². The lowest BCUT2D eigenvalue weighted by Gasteiger charge is -2.24. The van der Waals surface area contributed by atoms with Gasteiger partial charge in [0.15, 0.2) is 0 Å². The summed E-state index contributed by atoms with van der Waals surface area (Å²) in [5.74, 6) is 3.75. The van der Waals surface area contributed by atoms with Crippen molar-refractivity contribution in [1.82, 2.24) is 9.55 Å². The first-order chi connectivity index (χ1) is 12.6. The average Bonchev–Trinajstić information content (AvgIpc) is 3.35. The van der Waals surface area contributed by atoms with Gasteiger partial charge in [-0.05, 0) is 49.4 Å². The van der Waals surface area contributed by atoms with Crippen molar-refractivity contribution in [2.75, 3.05) is 0 Å². The van der Waals surface area contributed by atoms with E-state index in [9.17, 15) is 0 Å². The Balaban J connectivity index is 0.000000152. The van der Waals surface area contributed by atoms with Crippen LogP contribution in [0.15, 0.2) is 37.4 Å². The first-order valence-electron chi connectivity index (χ1n) is 10.6. The summed E-state index contributed by atoms with van der Waals surface area (Å²) in [6, 6.07) is 0. The van der Waals surface area contributed by atoms with Crippen LogP contribution in [0.3, 0.4) is 0 Å². The molecule has 4 nitrogen and oxygen atoms in total. The quantitative estimate of drug-likeness (QED) is 0.804. The maximum atomic E-state index is 3.08. The SMILES string of the molecule is CC1CCC(C[n+]2cc[nH]c2)C1.CC1CCC(Cn2cc[n+](C)c2)CC1. The van der Waals surface area contributed by atoms with Gasteiger partial charge in [-0.3, -0.25) is 4.98 Å². The fourth-order valence-electron chi connectivity index (χ4n) is 4.64. The molecule has 2 heterocycles. The molecule has 4 rings (SSSR count). The van der Waals surface area contributed by atoms with Crippen molar-refractivity contribution >= 4 is 0 Å². The van der Waals surface area contributed by atoms with E-state index in [0.717, 1.165) is 23.7 Å². The van der Waals surface area contributed by atoms with Gasteiger partial charge < -0.3 is 0 Å². The van der Waals surface area contributed by atoms with Crippen molar-refractivity contribution in [3.8, 4) is 0 Å². The molecule has 2 atom stereocenters. The average molecular weight is 359 g/mol. The first-order valence-corrected chi connectivity index (χ1v) is 10.6. The van der Waals surface area contributed by atoms with Crippen molar-refractivity contribution in [2.24, 2.45) is 30.7 Å². The second-order valence-electron chi connectivity index (χ2n) is 8.99. The molecule has 0 amide bonds. The van der Waals surface area contributed by atoms with Crippen LogP contribution in [0.4, 0.5) is 0 Å². The second-order valence-corrected chi connectivity index (χ2v) is 8.99. The smallest absolute Gasteiger partial charge is 0.243 e. The molecule has 2 saturated carbocycles. The second kappa shape index (κ2) is 9.38. The summed E-state index contributed by atoms with van der Waals surface area (Å²) < 4.78 is 6.69. The van der Waals surface area contributed by atoms with E-state index in [1.165, 1.54) is 58.0 Å². The molecule has 2 aliphatic carbocycles. The summed E-state index contributed by atoms with van der Waals surface area (Å²) in [5, 5.41) is 0. The minimum atomic E-state index is 0.915. The molecule has 0 aliphatic heterocycles. The molecule has 26 heavy (non-hydrogen) atoms. The fraction of sp³-hybridized carbons (Fsp3) is 0.727. The lowest BCUT2D eigenvalue weighted by atomic mass is 9.83. The Labute approximate surface area is 159 Å². The van der Waals surface area contributed by atoms with Gasteiger partial charge in [0.05, 0.1) is 20.1 Å². The van der Waals surface area contributed by atoms with Crippen LogP contribution in [0, 0.1) is 23.7 Å². The Morgan fingerprint density at radius 3 is 2.27 bits per heavy atom. The predicted octanol–water partition coefficient (Wildman–Crippen LogP) is 3.88. The van der Waals surface area contributed by atoms with E-state index in [0.29, 0.717) is 0 Å². The molecule has 0 radical (unpaired) electrons. The van der Waals surface area contributed by atoms with Gasteiger partial charge in [-0.2, -0.15) is 0 Å². The molecule has 1 N–H and O–H groups in total. The number of hydrogen-bond acceptors (Lipinski definition) is 0. The van der Waals surface area contributed by atoms with E-state index in [4.69, 9.17) is 0 Å². The van der Waals surface area contributed by atoms with Gasteiger partial charge in [-0.25, -0.2) is 13.7 Å². The lowest BCUT2D eigenvalue weighted by molar-refractivity contribution is -0.701. The number of nitrogens with one attached hydrogen (secondary N) is 1. The van der Waals surface area contributed by atoms with Crippen molar-refractivity contribution in [3.63, 3.8) is 0 Å². The molecule has 0 spiro atoms. The number of imidazole rings is 2. The summed E-state index contributed by atoms with van der Waals surface area (Å²) in [5.41, 5.74) is 0. The van der Waals surface area contributed by atoms with E-state index >= 15 is 0 Å². The number of H-pyrrole nitrogens is 1. The Morgan fingerprint density at radius 1 is 0.962 bits per heavy atom. The normalized spacial score (nSPS) is 28.6. The highest BCUT2D eigenvalue weighted by molar-refractivity contribution is 4.74. The molecule has 0 bridgehead atoms. The number of hydrogen-bond donors (Lipinski definition) is 1. The molecule has 4 heteroatoms. The molecule has 0 saturated heterocycles. The van der Waals surface area contributed by atoms with Gasteiger partial charge in [0.1, 0.15) is 24.8 Å². The number of aromatic amines is 1. The van der Waals surface area contributed by atoms with Gasteiger partial charge in [0, 0.05) is 0 Å². The van der Waals surface area contributed by atoms with E-state index in [-0.39, 0.29) is 0 Å². The molecule has 2 fully saturated rings. The molecule has 2 aliphatic rings. The van der Waals surface area contributed by atoms with Gasteiger partial charge in [0.2, 0.25) is 12.7 Å². The zero-order valence-electron chi connectivity index (χ0n) is 17.0. The minimum Gasteiger partial charge on any atom is -0.250 e. The number of aromatic nitrogens is 4. The Kier molecular flexibility index (Phi) is 6.93. The predicted molar refractivity (Wildman–Crippen MR) is 104 cm³/mol. The zero-order chi connectivity index (χ0) is 18.4. The Hall–Kier alpha value is -1.58. The van der Waals surface area contributed by atoms with Crippen LogP contribution in [0.5, 0.6) is 0 Å². The van der Waals surface area contributed by atoms with E-state index in [1.54, 1.807) is 0 Å². The van der Waals surface area contributed by atoms with E-state index in [1.807, 2.05) is 12.5 Å². The molecule has 144 valence electrons. The van der Waals surface area contributed by atoms with Crippen LogP contribution in [0.2, 0.25) is 0 Å². The Morgan fingerprint density at radius 2 is 1.69 bits per heavy atom. The first kappa shape index (κ1) is 19.2. The third-order valence-electron chi connectivity index (χ3n) is 6.30. The lowest BCUT2D eigenvalue weighted by Crippen LogP contribution is -2.34. The summed E-state index contributed by atoms with van der Waals surface area (Å²) in [6.07, 6.45) is 22.6. The van der Waals surface area contributed by atoms with Gasteiger partial charge >= 0.3 is 0 Å². The highest BCUT2D eigenvalue weighted by Gasteiger charge is 2.23. The van der Waals surface area contributed by atoms with Crippen LogP contribution in [0.25, 0.3) is 0 Å². The number of nitrogens with zero attached hydrogens (tertiary/aromatic N) is 3. The van der Waals surface area contributed by atoms with Crippen LogP contribution in [-0.4, -0.2) is 9.55 Å². The number of rotatable bonds is 4. The topological polar surface area (TPSA) is 28.5 Å². The van der Waals surface area contributed by atoms with Crippen molar-refractivity contribution < 1.29 is 9.13 Å². The van der Waals surface area contributed by atoms with Crippen molar-refractivity contribution in [1.29, 1.82) is 0 Å². The summed E-state index contributed by atoms with van der Waals surface area (Å²) in [7, 11) is 2.08. The van der Waals surface area contributed by atoms with Crippen molar-refractivity contribution in [2.45, 2.75) is 71.9 Å². The standard InChI is InChI=1S/C12H21N2.C10H16N2/c1-11-3-5-12(6-4-11)9-14-8-7-13(2)10-14;1-9-2-3-10(6-9)7-12-5-4-11-8-12/h7-8,10-12H,3-6,9H2,1-2H3;4-5,8-10H,2-3,6-7H2,1H3/q+1;/p+1. The summed E-state index contributed by atoms with van der Waals surface area (Å²) in [6.45, 7) is 7.16. The maximum absolute atomic E-state index is 3.08. The van der Waals surface area contributed by atoms with Crippen LogP contribution in [-0.2, 0) is 20.1 Å². The minimum absolute atomic E-state index is 0.915. The monoisotopic (exact) mass is 358 g/mol. The van der Waals surface area contributed by atoms with E-state index < -0.39 is 0 Å². The van der Waals surface area contributed by atoms with Gasteiger partial charge in [-0.15, -0.1) is 0 Å². The van der Waals surface area contributed by atoms with Crippen molar-refractivity contribution in [3.05, 3.63) is 37.4 Å². The fourth-order valence-corrected chi connectivity index (χ4v) is 4.64. The highest BCUT2D eigenvalue weighted by atomic mass is 15.1. The third kappa shape index (κ3) is 6.00. The summed E-state index contributed by atoms with van der Waals surface area (Å²) in [4.78, 5) is 3.08. The third-order valence-corrected chi connectivity index (χ3v) is 6.30. The molecule has 0 aromatic carbocycles. The highest BCUT2D eigenvalue weighted by Crippen LogP contribution is 2.30. The number of aryl methyl sites for hydroxylation is 1. The molecule has 2 aromatic rings. The van der Waals surface area contributed by atoms with Crippen LogP contribution in [0.1, 0.15) is 58.8 Å².